The van der Waals surface area contributed by atoms with E-state index in [-0.39, 0.29) is 4.90 Å². The molecule has 1 aromatic rings. The highest BCUT2D eigenvalue weighted by molar-refractivity contribution is 9.10. The highest BCUT2D eigenvalue weighted by Crippen LogP contribution is 2.29. The van der Waals surface area contributed by atoms with Crippen LogP contribution in [0.1, 0.15) is 0 Å². The molecule has 0 spiro atoms. The minimum absolute atomic E-state index is 0.153. The Balaban J connectivity index is 3.02. The van der Waals surface area contributed by atoms with Gasteiger partial charge in [0.1, 0.15) is 0 Å². The average Bonchev–Trinajstić information content (AvgIpc) is 2.24. The normalized spacial score (nSPS) is 14.5. The molecule has 1 unspecified atom stereocenters. The Morgan fingerprint density at radius 2 is 1.94 bits per heavy atom. The van der Waals surface area contributed by atoms with E-state index in [9.17, 15) is 21.6 Å². The molecular weight excluding hydrogens is 335 g/mol. The first-order valence-corrected chi connectivity index (χ1v) is 7.36. The number of sulfone groups is 1. The van der Waals surface area contributed by atoms with Crippen molar-refractivity contribution in [2.75, 3.05) is 12.3 Å². The van der Waals surface area contributed by atoms with Gasteiger partial charge in [0.15, 0.2) is 9.84 Å². The number of hydrogen-bond acceptors (Lipinski definition) is 3. The third-order valence-corrected chi connectivity index (χ3v) is 4.63. The minimum Gasteiger partial charge on any atom is -0.330 e. The Labute approximate surface area is 111 Å². The fourth-order valence-corrected chi connectivity index (χ4v) is 3.51. The van der Waals surface area contributed by atoms with Gasteiger partial charge in [-0.1, -0.05) is 22.0 Å². The molecule has 1 atom stereocenters. The fourth-order valence-electron chi connectivity index (χ4n) is 1.32. The van der Waals surface area contributed by atoms with Crippen molar-refractivity contribution in [2.24, 2.45) is 11.7 Å². The lowest BCUT2D eigenvalue weighted by molar-refractivity contribution is -0.165. The van der Waals surface area contributed by atoms with Crippen molar-refractivity contribution in [2.45, 2.75) is 11.1 Å². The van der Waals surface area contributed by atoms with Crippen LogP contribution < -0.4 is 5.73 Å². The maximum atomic E-state index is 12.5. The smallest absolute Gasteiger partial charge is 0.330 e. The maximum absolute atomic E-state index is 12.5. The fraction of sp³-hybridized carbons (Fsp3) is 0.400. The lowest BCUT2D eigenvalue weighted by Crippen LogP contribution is -2.36. The van der Waals surface area contributed by atoms with Gasteiger partial charge in [-0.3, -0.25) is 0 Å². The quantitative estimate of drug-likeness (QED) is 0.911. The Morgan fingerprint density at radius 3 is 2.39 bits per heavy atom. The van der Waals surface area contributed by atoms with E-state index in [0.717, 1.165) is 0 Å². The van der Waals surface area contributed by atoms with Crippen molar-refractivity contribution in [1.82, 2.24) is 0 Å². The number of alkyl halides is 3. The van der Waals surface area contributed by atoms with Crippen LogP contribution in [-0.2, 0) is 9.84 Å². The highest BCUT2D eigenvalue weighted by atomic mass is 79.9. The molecule has 2 N–H and O–H groups in total. The largest absolute Gasteiger partial charge is 0.394 e. The molecule has 8 heteroatoms. The molecule has 0 heterocycles. The van der Waals surface area contributed by atoms with Gasteiger partial charge in [0.25, 0.3) is 0 Å². The SMILES string of the molecule is NCC(CS(=O)(=O)c1cccc(Br)c1)C(F)(F)F. The summed E-state index contributed by atoms with van der Waals surface area (Å²) in [5.74, 6) is -3.09. The van der Waals surface area contributed by atoms with Gasteiger partial charge in [-0.15, -0.1) is 0 Å². The van der Waals surface area contributed by atoms with Crippen molar-refractivity contribution in [1.29, 1.82) is 0 Å². The highest BCUT2D eigenvalue weighted by Gasteiger charge is 2.41. The lowest BCUT2D eigenvalue weighted by atomic mass is 10.2. The number of nitrogens with two attached hydrogens (primary N) is 1. The molecule has 0 bridgehead atoms. The second-order valence-corrected chi connectivity index (χ2v) is 6.66. The van der Waals surface area contributed by atoms with Crippen LogP contribution in [-0.4, -0.2) is 26.9 Å². The summed E-state index contributed by atoms with van der Waals surface area (Å²) in [5.41, 5.74) is 4.98. The van der Waals surface area contributed by atoms with E-state index in [4.69, 9.17) is 5.73 Å². The number of rotatable bonds is 4. The van der Waals surface area contributed by atoms with Gasteiger partial charge in [-0.05, 0) is 18.2 Å². The van der Waals surface area contributed by atoms with Crippen molar-refractivity contribution in [3.8, 4) is 0 Å². The summed E-state index contributed by atoms with van der Waals surface area (Å²) in [4.78, 5) is -0.153. The zero-order chi connectivity index (χ0) is 14.0. The van der Waals surface area contributed by atoms with Crippen molar-refractivity contribution in [3.63, 3.8) is 0 Å². The van der Waals surface area contributed by atoms with Crippen molar-refractivity contribution in [3.05, 3.63) is 28.7 Å². The van der Waals surface area contributed by atoms with Gasteiger partial charge < -0.3 is 5.73 Å². The van der Waals surface area contributed by atoms with Gasteiger partial charge in [-0.25, -0.2) is 8.42 Å². The summed E-state index contributed by atoms with van der Waals surface area (Å²) in [7, 11) is -4.01. The summed E-state index contributed by atoms with van der Waals surface area (Å²) in [6, 6.07) is 5.55. The van der Waals surface area contributed by atoms with E-state index in [1.807, 2.05) is 0 Å². The van der Waals surface area contributed by atoms with Crippen LogP contribution >= 0.6 is 15.9 Å². The molecule has 0 aliphatic carbocycles. The van der Waals surface area contributed by atoms with Crippen LogP contribution in [0, 0.1) is 5.92 Å². The van der Waals surface area contributed by atoms with E-state index >= 15 is 0 Å². The molecule has 1 rings (SSSR count). The molecule has 0 aliphatic heterocycles. The molecule has 102 valence electrons. The van der Waals surface area contributed by atoms with E-state index in [1.165, 1.54) is 18.2 Å². The predicted molar refractivity (Wildman–Crippen MR) is 64.8 cm³/mol. The van der Waals surface area contributed by atoms with E-state index < -0.39 is 34.2 Å². The third-order valence-electron chi connectivity index (χ3n) is 2.32. The van der Waals surface area contributed by atoms with Gasteiger partial charge in [0.05, 0.1) is 16.6 Å². The van der Waals surface area contributed by atoms with Gasteiger partial charge in [0.2, 0.25) is 0 Å². The molecule has 0 radical (unpaired) electrons. The lowest BCUT2D eigenvalue weighted by Gasteiger charge is -2.18. The molecule has 0 aromatic heterocycles. The van der Waals surface area contributed by atoms with E-state index in [2.05, 4.69) is 15.9 Å². The van der Waals surface area contributed by atoms with Crippen LogP contribution in [0.2, 0.25) is 0 Å². The predicted octanol–water partition coefficient (Wildman–Crippen LogP) is 2.36. The number of benzene rings is 1. The van der Waals surface area contributed by atoms with Crippen LogP contribution in [0.3, 0.4) is 0 Å². The van der Waals surface area contributed by atoms with Crippen LogP contribution in [0.25, 0.3) is 0 Å². The zero-order valence-electron chi connectivity index (χ0n) is 9.11. The topological polar surface area (TPSA) is 60.2 Å². The molecule has 0 saturated heterocycles. The van der Waals surface area contributed by atoms with Crippen LogP contribution in [0.4, 0.5) is 13.2 Å². The Bertz CT molecular complexity index is 516. The summed E-state index contributed by atoms with van der Waals surface area (Å²) in [6.07, 6.45) is -4.62. The van der Waals surface area contributed by atoms with Crippen molar-refractivity contribution < 1.29 is 21.6 Å². The monoisotopic (exact) mass is 345 g/mol. The number of halogens is 4. The molecular formula is C10H11BrF3NO2S. The zero-order valence-corrected chi connectivity index (χ0v) is 11.5. The second-order valence-electron chi connectivity index (χ2n) is 3.71. The number of hydrogen-bond donors (Lipinski definition) is 1. The standard InChI is InChI=1S/C10H11BrF3NO2S/c11-8-2-1-3-9(4-8)18(16,17)6-7(5-15)10(12,13)14/h1-4,7H,5-6,15H2. The van der Waals surface area contributed by atoms with Gasteiger partial charge in [-0.2, -0.15) is 13.2 Å². The molecule has 0 amide bonds. The average molecular weight is 346 g/mol. The van der Waals surface area contributed by atoms with Crippen molar-refractivity contribution >= 4 is 25.8 Å². The molecule has 3 nitrogen and oxygen atoms in total. The summed E-state index contributed by atoms with van der Waals surface area (Å²) in [5, 5.41) is 0. The maximum Gasteiger partial charge on any atom is 0.394 e. The van der Waals surface area contributed by atoms with E-state index in [0.29, 0.717) is 4.47 Å². The van der Waals surface area contributed by atoms with E-state index in [1.54, 1.807) is 6.07 Å². The van der Waals surface area contributed by atoms with Crippen LogP contribution in [0.5, 0.6) is 0 Å². The minimum atomic E-state index is -4.62. The summed E-state index contributed by atoms with van der Waals surface area (Å²) in [6.45, 7) is -0.753. The summed E-state index contributed by atoms with van der Waals surface area (Å²) >= 11 is 3.07. The first kappa shape index (κ1) is 15.5. The van der Waals surface area contributed by atoms with Crippen LogP contribution in [0.15, 0.2) is 33.6 Å². The molecule has 1 aromatic carbocycles. The molecule has 0 aliphatic rings. The van der Waals surface area contributed by atoms with Gasteiger partial charge >= 0.3 is 6.18 Å². The second kappa shape index (κ2) is 5.58. The Kier molecular flexibility index (Phi) is 4.79. The molecule has 0 fully saturated rings. The molecule has 0 saturated carbocycles. The van der Waals surface area contributed by atoms with Gasteiger partial charge in [0, 0.05) is 11.0 Å². The molecule has 18 heavy (non-hydrogen) atoms. The summed E-state index contributed by atoms with van der Waals surface area (Å²) < 4.78 is 61.6. The Hall–Kier alpha value is -0.600. The third kappa shape index (κ3) is 3.96. The first-order valence-electron chi connectivity index (χ1n) is 4.92. The first-order chi connectivity index (χ1) is 8.16. The Morgan fingerprint density at radius 1 is 1.33 bits per heavy atom.